The molecule has 1 heterocycles. The normalized spacial score (nSPS) is 6.67. The highest BCUT2D eigenvalue weighted by Crippen LogP contribution is 1.73. The van der Waals surface area contributed by atoms with Crippen LogP contribution in [0.5, 0.6) is 0 Å². The van der Waals surface area contributed by atoms with Gasteiger partial charge in [0.2, 0.25) is 0 Å². The van der Waals surface area contributed by atoms with Gasteiger partial charge in [-0.25, -0.2) is 0 Å². The van der Waals surface area contributed by atoms with E-state index in [4.69, 9.17) is 9.90 Å². The molecule has 0 aliphatic rings. The molecule has 0 aliphatic heterocycles. The molecule has 0 amide bonds. The lowest BCUT2D eigenvalue weighted by Gasteiger charge is -1.69. The summed E-state index contributed by atoms with van der Waals surface area (Å²) in [6.45, 7) is -0.250. The van der Waals surface area contributed by atoms with Crippen LogP contribution in [0.3, 0.4) is 0 Å². The Morgan fingerprint density at radius 1 is 1.22 bits per heavy atom. The molecule has 0 bridgehead atoms. The fourth-order valence-electron chi connectivity index (χ4n) is 0.385. The number of hydrogen-bond acceptors (Lipinski definition) is 1. The lowest BCUT2D eigenvalue weighted by molar-refractivity contribution is -0.122. The van der Waals surface area contributed by atoms with E-state index in [0.29, 0.717) is 9.12 Å². The summed E-state index contributed by atoms with van der Waals surface area (Å²) in [5.74, 6) is 0. The molecule has 0 atom stereocenters. The molecular weight excluding hydrogens is 132 g/mol. The van der Waals surface area contributed by atoms with Gasteiger partial charge in [-0.15, -0.1) is 0 Å². The van der Waals surface area contributed by atoms with Gasteiger partial charge in [-0.05, 0) is 0 Å². The van der Waals surface area contributed by atoms with Crippen molar-refractivity contribution in [1.29, 1.82) is 0 Å². The summed E-state index contributed by atoms with van der Waals surface area (Å²) in [7, 11) is 0.513. The van der Waals surface area contributed by atoms with E-state index >= 15 is 0 Å². The monoisotopic (exact) mass is 140 g/mol. The van der Waals surface area contributed by atoms with Crippen LogP contribution < -0.4 is 0 Å². The van der Waals surface area contributed by atoms with Gasteiger partial charge in [-0.1, -0.05) is 29.6 Å². The zero-order valence-corrected chi connectivity index (χ0v) is 6.05. The van der Waals surface area contributed by atoms with Gasteiger partial charge in [0.1, 0.15) is 0 Å². The van der Waals surface area contributed by atoms with Crippen LogP contribution in [0.25, 0.3) is 0 Å². The molecule has 0 aliphatic carbocycles. The molecule has 0 saturated carbocycles. The summed E-state index contributed by atoms with van der Waals surface area (Å²) in [6, 6.07) is 6.24. The van der Waals surface area contributed by atoms with Crippen molar-refractivity contribution in [2.45, 2.75) is 0 Å². The Morgan fingerprint density at radius 2 is 1.67 bits per heavy atom. The predicted octanol–water partition coefficient (Wildman–Crippen LogP) is 0.458. The van der Waals surface area contributed by atoms with Crippen LogP contribution in [0.15, 0.2) is 29.6 Å². The van der Waals surface area contributed by atoms with Crippen LogP contribution in [-0.2, 0) is 4.79 Å². The first kappa shape index (κ1) is 8.04. The van der Waals surface area contributed by atoms with E-state index in [2.05, 4.69) is 29.6 Å². The number of carbonyl (C=O) groups is 1. The Balaban J connectivity index is 0.000000187. The standard InChI is InChI=1S/C5H6Si.CH2O2/c1-2-4-6-5-3-1;2-1-3/h1-6H;1H,(H,2,3). The average Bonchev–Trinajstić information content (AvgIpc) is 1.93. The largest absolute Gasteiger partial charge is 0.483 e. The quantitative estimate of drug-likeness (QED) is 0.420. The summed E-state index contributed by atoms with van der Waals surface area (Å²) >= 11 is 0. The van der Waals surface area contributed by atoms with Crippen molar-refractivity contribution in [2.75, 3.05) is 0 Å². The van der Waals surface area contributed by atoms with Crippen molar-refractivity contribution in [3.63, 3.8) is 0 Å². The van der Waals surface area contributed by atoms with Gasteiger partial charge in [0.05, 0.1) is 0 Å². The van der Waals surface area contributed by atoms with Gasteiger partial charge in [0.15, 0.2) is 0 Å². The zero-order valence-electron chi connectivity index (χ0n) is 4.90. The second-order valence-electron chi connectivity index (χ2n) is 1.26. The van der Waals surface area contributed by atoms with Crippen LogP contribution >= 0.6 is 0 Å². The van der Waals surface area contributed by atoms with E-state index in [0.717, 1.165) is 0 Å². The van der Waals surface area contributed by atoms with E-state index in [1.165, 1.54) is 0 Å². The number of rotatable bonds is 0. The molecule has 0 aromatic carbocycles. The number of carboxylic acid groups (broad SMARTS) is 1. The predicted molar refractivity (Wildman–Crippen MR) is 37.9 cm³/mol. The molecule has 3 heteroatoms. The molecule has 0 fully saturated rings. The zero-order chi connectivity index (χ0) is 6.95. The third-order valence-corrected chi connectivity index (χ3v) is 1.56. The minimum Gasteiger partial charge on any atom is -0.483 e. The molecule has 0 spiro atoms. The highest BCUT2D eigenvalue weighted by Gasteiger charge is 1.58. The summed E-state index contributed by atoms with van der Waals surface area (Å²) in [5.41, 5.74) is 4.42. The Kier molecular flexibility index (Phi) is 6.28. The second kappa shape index (κ2) is 7.04. The highest BCUT2D eigenvalue weighted by atomic mass is 28.2. The molecule has 1 aromatic heterocycles. The molecule has 48 valence electrons. The van der Waals surface area contributed by atoms with Crippen LogP contribution in [0.4, 0.5) is 0 Å². The molecule has 1 rings (SSSR count). The second-order valence-corrected chi connectivity index (χ2v) is 2.41. The maximum absolute atomic E-state index is 8.36. The van der Waals surface area contributed by atoms with Crippen molar-refractivity contribution >= 4 is 15.6 Å². The SMILES string of the molecule is O=CO.c1cc[siH]cc1. The maximum Gasteiger partial charge on any atom is 0.290 e. The Labute approximate surface area is 55.9 Å². The van der Waals surface area contributed by atoms with Gasteiger partial charge in [-0.2, -0.15) is 0 Å². The van der Waals surface area contributed by atoms with E-state index in [-0.39, 0.29) is 6.47 Å². The molecule has 0 radical (unpaired) electrons. The third kappa shape index (κ3) is 7.04. The first-order chi connectivity index (χ1) is 4.41. The van der Waals surface area contributed by atoms with Crippen LogP contribution in [-0.4, -0.2) is 20.7 Å². The molecule has 1 N–H and O–H groups in total. The molecule has 9 heavy (non-hydrogen) atoms. The number of hydrogen-bond donors (Lipinski definition) is 1. The minimum atomic E-state index is -0.250. The first-order valence-electron chi connectivity index (χ1n) is 2.49. The van der Waals surface area contributed by atoms with E-state index in [1.807, 2.05) is 0 Å². The van der Waals surface area contributed by atoms with Gasteiger partial charge >= 0.3 is 0 Å². The fourth-order valence-corrected chi connectivity index (χ4v) is 1.03. The molecule has 0 unspecified atom stereocenters. The third-order valence-electron chi connectivity index (χ3n) is 0.667. The van der Waals surface area contributed by atoms with Crippen molar-refractivity contribution in [3.05, 3.63) is 29.6 Å². The molecular formula is C6H8O2Si. The lowest BCUT2D eigenvalue weighted by Crippen LogP contribution is -1.60. The average molecular weight is 140 g/mol. The summed E-state index contributed by atoms with van der Waals surface area (Å²) in [5, 5.41) is 6.89. The van der Waals surface area contributed by atoms with Crippen molar-refractivity contribution in [2.24, 2.45) is 0 Å². The van der Waals surface area contributed by atoms with Crippen LogP contribution in [0.1, 0.15) is 0 Å². The summed E-state index contributed by atoms with van der Waals surface area (Å²) in [4.78, 5) is 8.36. The van der Waals surface area contributed by atoms with Crippen molar-refractivity contribution in [3.8, 4) is 0 Å². The summed E-state index contributed by atoms with van der Waals surface area (Å²) < 4.78 is 0. The highest BCUT2D eigenvalue weighted by molar-refractivity contribution is 6.26. The molecule has 2 nitrogen and oxygen atoms in total. The van der Waals surface area contributed by atoms with Crippen molar-refractivity contribution in [1.82, 2.24) is 0 Å². The maximum atomic E-state index is 8.36. The van der Waals surface area contributed by atoms with E-state index < -0.39 is 0 Å². The van der Waals surface area contributed by atoms with E-state index in [9.17, 15) is 0 Å². The van der Waals surface area contributed by atoms with E-state index in [1.54, 1.807) is 0 Å². The van der Waals surface area contributed by atoms with Gasteiger partial charge in [0.25, 0.3) is 6.47 Å². The minimum absolute atomic E-state index is 0.250. The Hall–Kier alpha value is -0.963. The van der Waals surface area contributed by atoms with Crippen molar-refractivity contribution < 1.29 is 9.90 Å². The van der Waals surface area contributed by atoms with Crippen LogP contribution in [0, 0.1) is 0 Å². The lowest BCUT2D eigenvalue weighted by atomic mass is 10.6. The van der Waals surface area contributed by atoms with Gasteiger partial charge in [0, 0.05) is 9.12 Å². The molecule has 1 aromatic rings. The molecule has 0 saturated heterocycles. The van der Waals surface area contributed by atoms with Crippen LogP contribution in [0.2, 0.25) is 0 Å². The topological polar surface area (TPSA) is 37.3 Å². The fraction of sp³-hybridized carbons (Fsp3) is 0. The smallest absolute Gasteiger partial charge is 0.290 e. The Bertz CT molecular complexity index is 114. The first-order valence-corrected chi connectivity index (χ1v) is 3.83. The summed E-state index contributed by atoms with van der Waals surface area (Å²) in [6.07, 6.45) is 0. The van der Waals surface area contributed by atoms with Gasteiger partial charge in [-0.3, -0.25) is 4.79 Å². The Morgan fingerprint density at radius 3 is 1.78 bits per heavy atom. The van der Waals surface area contributed by atoms with Gasteiger partial charge < -0.3 is 5.11 Å².